The molecule has 0 bridgehead atoms. The Balaban J connectivity index is 1.87. The summed E-state index contributed by atoms with van der Waals surface area (Å²) in [6.07, 6.45) is 0.691. The van der Waals surface area contributed by atoms with Crippen LogP contribution in [0.2, 0.25) is 0 Å². The maximum atomic E-state index is 12.1. The Labute approximate surface area is 147 Å². The topological polar surface area (TPSA) is 64.6 Å². The molecule has 0 saturated carbocycles. The standard InChI is InChI=1S/C20H21NO4/c1-3-13-21-19(22)15(2)25-20(23)17-11-9-16(10-12-17)14-24-18-7-5-4-6-8-18/h3-12,15H,1,13-14H2,2H3,(H,21,22)/t15-/m1/s1. The van der Waals surface area contributed by atoms with Crippen molar-refractivity contribution in [1.82, 2.24) is 5.32 Å². The highest BCUT2D eigenvalue weighted by Crippen LogP contribution is 2.13. The van der Waals surface area contributed by atoms with Gasteiger partial charge in [0.25, 0.3) is 5.91 Å². The van der Waals surface area contributed by atoms with E-state index in [2.05, 4.69) is 11.9 Å². The number of rotatable bonds is 8. The third kappa shape index (κ3) is 5.80. The van der Waals surface area contributed by atoms with Gasteiger partial charge in [-0.2, -0.15) is 0 Å². The number of amides is 1. The van der Waals surface area contributed by atoms with Crippen molar-refractivity contribution in [2.75, 3.05) is 6.54 Å². The first kappa shape index (κ1) is 18.3. The Bertz CT molecular complexity index is 710. The molecule has 5 heteroatoms. The fraction of sp³-hybridized carbons (Fsp3) is 0.200. The van der Waals surface area contributed by atoms with Crippen molar-refractivity contribution in [2.45, 2.75) is 19.6 Å². The SMILES string of the molecule is C=CCNC(=O)[C@@H](C)OC(=O)c1ccc(COc2ccccc2)cc1. The van der Waals surface area contributed by atoms with Gasteiger partial charge in [-0.1, -0.05) is 36.4 Å². The lowest BCUT2D eigenvalue weighted by atomic mass is 10.1. The summed E-state index contributed by atoms with van der Waals surface area (Å²) in [5.74, 6) is -0.122. The van der Waals surface area contributed by atoms with E-state index in [1.807, 2.05) is 30.3 Å². The number of benzene rings is 2. The van der Waals surface area contributed by atoms with Crippen LogP contribution in [0.5, 0.6) is 5.75 Å². The summed E-state index contributed by atoms with van der Waals surface area (Å²) in [6, 6.07) is 16.4. The molecule has 130 valence electrons. The highest BCUT2D eigenvalue weighted by atomic mass is 16.5. The molecule has 2 rings (SSSR count). The van der Waals surface area contributed by atoms with Crippen LogP contribution in [0.15, 0.2) is 67.3 Å². The lowest BCUT2D eigenvalue weighted by molar-refractivity contribution is -0.128. The molecule has 5 nitrogen and oxygen atoms in total. The maximum Gasteiger partial charge on any atom is 0.338 e. The van der Waals surface area contributed by atoms with Gasteiger partial charge in [0.1, 0.15) is 12.4 Å². The summed E-state index contributed by atoms with van der Waals surface area (Å²) >= 11 is 0. The van der Waals surface area contributed by atoms with Crippen LogP contribution in [0, 0.1) is 0 Å². The van der Waals surface area contributed by atoms with Crippen molar-refractivity contribution in [3.8, 4) is 5.75 Å². The molecular weight excluding hydrogens is 318 g/mol. The average Bonchev–Trinajstić information content (AvgIpc) is 2.65. The van der Waals surface area contributed by atoms with Gasteiger partial charge in [-0.25, -0.2) is 4.79 Å². The van der Waals surface area contributed by atoms with E-state index in [0.29, 0.717) is 18.7 Å². The van der Waals surface area contributed by atoms with E-state index < -0.39 is 12.1 Å². The molecule has 0 heterocycles. The summed E-state index contributed by atoms with van der Waals surface area (Å²) in [5, 5.41) is 2.58. The molecule has 0 aliphatic rings. The van der Waals surface area contributed by atoms with Gasteiger partial charge in [0, 0.05) is 6.54 Å². The van der Waals surface area contributed by atoms with Gasteiger partial charge in [-0.3, -0.25) is 4.79 Å². The number of para-hydroxylation sites is 1. The zero-order valence-corrected chi connectivity index (χ0v) is 14.1. The summed E-state index contributed by atoms with van der Waals surface area (Å²) < 4.78 is 10.8. The van der Waals surface area contributed by atoms with E-state index in [0.717, 1.165) is 11.3 Å². The Morgan fingerprint density at radius 2 is 1.80 bits per heavy atom. The van der Waals surface area contributed by atoms with Crippen molar-refractivity contribution in [2.24, 2.45) is 0 Å². The Morgan fingerprint density at radius 1 is 1.12 bits per heavy atom. The minimum atomic E-state index is -0.867. The third-order valence-corrected chi connectivity index (χ3v) is 3.41. The molecule has 2 aromatic rings. The molecule has 1 atom stereocenters. The quantitative estimate of drug-likeness (QED) is 0.593. The van der Waals surface area contributed by atoms with E-state index in [1.165, 1.54) is 6.92 Å². The monoisotopic (exact) mass is 339 g/mol. The fourth-order valence-corrected chi connectivity index (χ4v) is 2.02. The predicted octanol–water partition coefficient (Wildman–Crippen LogP) is 3.11. The molecule has 0 fully saturated rings. The number of esters is 1. The summed E-state index contributed by atoms with van der Waals surface area (Å²) in [5.41, 5.74) is 1.31. The number of hydrogen-bond acceptors (Lipinski definition) is 4. The second-order valence-electron chi connectivity index (χ2n) is 5.38. The highest BCUT2D eigenvalue weighted by Gasteiger charge is 2.18. The van der Waals surface area contributed by atoms with Gasteiger partial charge in [0.2, 0.25) is 0 Å². The first-order valence-electron chi connectivity index (χ1n) is 7.96. The van der Waals surface area contributed by atoms with Gasteiger partial charge in [-0.05, 0) is 36.8 Å². The third-order valence-electron chi connectivity index (χ3n) is 3.41. The number of nitrogens with one attached hydrogen (secondary N) is 1. The van der Waals surface area contributed by atoms with E-state index in [9.17, 15) is 9.59 Å². The van der Waals surface area contributed by atoms with Gasteiger partial charge in [0.15, 0.2) is 6.10 Å². The second-order valence-corrected chi connectivity index (χ2v) is 5.38. The summed E-state index contributed by atoms with van der Waals surface area (Å²) in [6.45, 7) is 5.77. The van der Waals surface area contributed by atoms with Crippen LogP contribution < -0.4 is 10.1 Å². The van der Waals surface area contributed by atoms with Gasteiger partial charge in [-0.15, -0.1) is 6.58 Å². The van der Waals surface area contributed by atoms with Crippen LogP contribution in [0.3, 0.4) is 0 Å². The molecule has 1 N–H and O–H groups in total. The molecule has 1 amide bonds. The lowest BCUT2D eigenvalue weighted by Gasteiger charge is -2.13. The van der Waals surface area contributed by atoms with Crippen LogP contribution in [0.4, 0.5) is 0 Å². The van der Waals surface area contributed by atoms with E-state index in [4.69, 9.17) is 9.47 Å². The molecule has 2 aromatic carbocycles. The van der Waals surface area contributed by atoms with Crippen molar-refractivity contribution in [3.05, 3.63) is 78.4 Å². The summed E-state index contributed by atoms with van der Waals surface area (Å²) in [7, 11) is 0. The molecule has 0 aliphatic carbocycles. The Morgan fingerprint density at radius 3 is 2.44 bits per heavy atom. The average molecular weight is 339 g/mol. The number of hydrogen-bond donors (Lipinski definition) is 1. The largest absolute Gasteiger partial charge is 0.489 e. The molecule has 0 unspecified atom stereocenters. The molecule has 0 aliphatic heterocycles. The van der Waals surface area contributed by atoms with E-state index in [-0.39, 0.29) is 5.91 Å². The maximum absolute atomic E-state index is 12.1. The Kier molecular flexibility index (Phi) is 6.77. The first-order valence-corrected chi connectivity index (χ1v) is 7.96. The molecule has 0 radical (unpaired) electrons. The fourth-order valence-electron chi connectivity index (χ4n) is 2.02. The van der Waals surface area contributed by atoms with Gasteiger partial charge >= 0.3 is 5.97 Å². The van der Waals surface area contributed by atoms with E-state index >= 15 is 0 Å². The summed E-state index contributed by atoms with van der Waals surface area (Å²) in [4.78, 5) is 23.8. The first-order chi connectivity index (χ1) is 12.1. The normalized spacial score (nSPS) is 11.2. The molecule has 0 spiro atoms. The van der Waals surface area contributed by atoms with Crippen molar-refractivity contribution in [3.63, 3.8) is 0 Å². The number of carbonyl (C=O) groups excluding carboxylic acids is 2. The van der Waals surface area contributed by atoms with Crippen molar-refractivity contribution < 1.29 is 19.1 Å². The zero-order valence-electron chi connectivity index (χ0n) is 14.1. The van der Waals surface area contributed by atoms with Crippen LogP contribution in [-0.4, -0.2) is 24.5 Å². The van der Waals surface area contributed by atoms with Gasteiger partial charge < -0.3 is 14.8 Å². The van der Waals surface area contributed by atoms with Crippen LogP contribution in [0.25, 0.3) is 0 Å². The molecule has 25 heavy (non-hydrogen) atoms. The zero-order chi connectivity index (χ0) is 18.1. The minimum Gasteiger partial charge on any atom is -0.489 e. The lowest BCUT2D eigenvalue weighted by Crippen LogP contribution is -2.35. The number of ether oxygens (including phenoxy) is 2. The predicted molar refractivity (Wildman–Crippen MR) is 95.3 cm³/mol. The van der Waals surface area contributed by atoms with Crippen LogP contribution in [0.1, 0.15) is 22.8 Å². The van der Waals surface area contributed by atoms with Crippen molar-refractivity contribution in [1.29, 1.82) is 0 Å². The highest BCUT2D eigenvalue weighted by molar-refractivity contribution is 5.92. The minimum absolute atomic E-state index is 0.330. The smallest absolute Gasteiger partial charge is 0.338 e. The molecular formula is C20H21NO4. The molecule has 0 aromatic heterocycles. The van der Waals surface area contributed by atoms with Crippen LogP contribution in [-0.2, 0) is 16.1 Å². The van der Waals surface area contributed by atoms with Gasteiger partial charge in [0.05, 0.1) is 5.56 Å². The second kappa shape index (κ2) is 9.27. The van der Waals surface area contributed by atoms with E-state index in [1.54, 1.807) is 30.3 Å². The van der Waals surface area contributed by atoms with Crippen LogP contribution >= 0.6 is 0 Å². The van der Waals surface area contributed by atoms with Crippen molar-refractivity contribution >= 4 is 11.9 Å². The Hall–Kier alpha value is -3.08. The molecule has 0 saturated heterocycles. The number of carbonyl (C=O) groups is 2.